The first-order valence-corrected chi connectivity index (χ1v) is 11.0. The molecule has 2 aromatic rings. The quantitative estimate of drug-likeness (QED) is 0.265. The Balaban J connectivity index is 1.83. The summed E-state index contributed by atoms with van der Waals surface area (Å²) in [5.41, 5.74) is 8.79. The minimum Gasteiger partial charge on any atom is -0.463 e. The number of nitrogens with zero attached hydrogens (tertiary/aromatic N) is 1. The van der Waals surface area contributed by atoms with Crippen molar-refractivity contribution in [2.75, 3.05) is 11.5 Å². The van der Waals surface area contributed by atoms with Crippen LogP contribution < -0.4 is 4.90 Å². The van der Waals surface area contributed by atoms with E-state index in [0.29, 0.717) is 12.5 Å². The van der Waals surface area contributed by atoms with Gasteiger partial charge in [-0.3, -0.25) is 0 Å². The zero-order valence-corrected chi connectivity index (χ0v) is 19.2. The van der Waals surface area contributed by atoms with Gasteiger partial charge >= 0.3 is 5.97 Å². The number of anilines is 2. The lowest BCUT2D eigenvalue weighted by Crippen LogP contribution is -2.18. The molecule has 1 aliphatic rings. The highest BCUT2D eigenvalue weighted by molar-refractivity contribution is 5.81. The highest BCUT2D eigenvalue weighted by atomic mass is 16.5. The molecule has 1 unspecified atom stereocenters. The fourth-order valence-electron chi connectivity index (χ4n) is 3.71. The molecule has 3 heteroatoms. The van der Waals surface area contributed by atoms with Crippen LogP contribution in [0.4, 0.5) is 11.4 Å². The first-order valence-electron chi connectivity index (χ1n) is 11.0. The van der Waals surface area contributed by atoms with Gasteiger partial charge in [0.05, 0.1) is 6.61 Å². The molecule has 0 saturated heterocycles. The van der Waals surface area contributed by atoms with Gasteiger partial charge in [-0.1, -0.05) is 43.4 Å². The van der Waals surface area contributed by atoms with Crippen LogP contribution in [0.25, 0.3) is 0 Å². The highest BCUT2D eigenvalue weighted by Gasteiger charge is 2.18. The van der Waals surface area contributed by atoms with Crippen LogP contribution >= 0.6 is 0 Å². The maximum atomic E-state index is 11.2. The normalized spacial score (nSPS) is 15.7. The van der Waals surface area contributed by atoms with E-state index in [1.54, 1.807) is 0 Å². The van der Waals surface area contributed by atoms with Crippen molar-refractivity contribution in [1.82, 2.24) is 0 Å². The van der Waals surface area contributed by atoms with E-state index in [1.807, 2.05) is 0 Å². The molecular formula is C28H33NO2. The van der Waals surface area contributed by atoms with Gasteiger partial charge in [0.15, 0.2) is 0 Å². The van der Waals surface area contributed by atoms with E-state index in [9.17, 15) is 4.79 Å². The summed E-state index contributed by atoms with van der Waals surface area (Å²) in [6, 6.07) is 15.4. The average molecular weight is 416 g/mol. The van der Waals surface area contributed by atoms with Gasteiger partial charge in [0.2, 0.25) is 0 Å². The molecule has 2 aromatic carbocycles. The standard InChI is InChI=1S/C28H33NO2/c1-6-28(30)31-17-7-8-24-11-15-25(16-12-24)29(26-13-9-20(2)22(4)18-26)27-14-10-21(3)23(5)19-27/h6,9,11-16,18-19,21H,1,7-8,10,17H2,2-5H3. The summed E-state index contributed by atoms with van der Waals surface area (Å²) >= 11 is 0. The summed E-state index contributed by atoms with van der Waals surface area (Å²) in [7, 11) is 0. The average Bonchev–Trinajstić information content (AvgIpc) is 2.77. The number of hydrogen-bond donors (Lipinski definition) is 0. The van der Waals surface area contributed by atoms with Crippen LogP contribution in [-0.2, 0) is 16.0 Å². The Bertz CT molecular complexity index is 998. The van der Waals surface area contributed by atoms with Gasteiger partial charge in [0.1, 0.15) is 0 Å². The van der Waals surface area contributed by atoms with Crippen molar-refractivity contribution in [2.45, 2.75) is 47.0 Å². The van der Waals surface area contributed by atoms with Gasteiger partial charge in [0, 0.05) is 23.1 Å². The fourth-order valence-corrected chi connectivity index (χ4v) is 3.71. The third kappa shape index (κ3) is 5.75. The molecule has 1 aliphatic carbocycles. The SMILES string of the molecule is C=CC(=O)OCCCc1ccc(N(C2=CCC(C)C(C)=C2)c2ccc(C)c(C)c2)cc1. The van der Waals surface area contributed by atoms with Crippen molar-refractivity contribution in [2.24, 2.45) is 5.92 Å². The Morgan fingerprint density at radius 3 is 2.45 bits per heavy atom. The van der Waals surface area contributed by atoms with E-state index < -0.39 is 0 Å². The molecule has 0 amide bonds. The van der Waals surface area contributed by atoms with Crippen molar-refractivity contribution in [1.29, 1.82) is 0 Å². The fraction of sp³-hybridized carbons (Fsp3) is 0.321. The molecule has 0 aromatic heterocycles. The maximum Gasteiger partial charge on any atom is 0.330 e. The number of hydrogen-bond acceptors (Lipinski definition) is 3. The molecule has 0 radical (unpaired) electrons. The van der Waals surface area contributed by atoms with Crippen LogP contribution in [0, 0.1) is 19.8 Å². The van der Waals surface area contributed by atoms with Crippen LogP contribution in [0.3, 0.4) is 0 Å². The third-order valence-corrected chi connectivity index (χ3v) is 6.06. The molecule has 0 spiro atoms. The van der Waals surface area contributed by atoms with Crippen molar-refractivity contribution in [3.05, 3.63) is 95.2 Å². The number of rotatable bonds is 8. The number of aryl methyl sites for hydroxylation is 3. The molecule has 0 heterocycles. The van der Waals surface area contributed by atoms with E-state index in [-0.39, 0.29) is 5.97 Å². The summed E-state index contributed by atoms with van der Waals surface area (Å²) in [6.07, 6.45) is 8.58. The summed E-state index contributed by atoms with van der Waals surface area (Å²) in [4.78, 5) is 13.5. The predicted octanol–water partition coefficient (Wildman–Crippen LogP) is 6.97. The molecule has 0 bridgehead atoms. The van der Waals surface area contributed by atoms with E-state index in [1.165, 1.54) is 39.7 Å². The Morgan fingerprint density at radius 1 is 1.10 bits per heavy atom. The molecule has 3 rings (SSSR count). The van der Waals surface area contributed by atoms with Crippen LogP contribution in [0.15, 0.2) is 78.5 Å². The van der Waals surface area contributed by atoms with Gasteiger partial charge < -0.3 is 9.64 Å². The van der Waals surface area contributed by atoms with Crippen LogP contribution in [0.1, 0.15) is 43.4 Å². The molecule has 1 atom stereocenters. The molecular weight excluding hydrogens is 382 g/mol. The zero-order chi connectivity index (χ0) is 22.4. The van der Waals surface area contributed by atoms with Crippen molar-refractivity contribution in [3.8, 4) is 0 Å². The number of carbonyl (C=O) groups is 1. The summed E-state index contributed by atoms with van der Waals surface area (Å²) in [6.45, 7) is 12.6. The second-order valence-electron chi connectivity index (χ2n) is 8.40. The van der Waals surface area contributed by atoms with Gasteiger partial charge in [-0.15, -0.1) is 0 Å². The minimum atomic E-state index is -0.363. The van der Waals surface area contributed by atoms with E-state index >= 15 is 0 Å². The van der Waals surface area contributed by atoms with Crippen LogP contribution in [0.2, 0.25) is 0 Å². The zero-order valence-electron chi connectivity index (χ0n) is 19.2. The topological polar surface area (TPSA) is 29.5 Å². The van der Waals surface area contributed by atoms with E-state index in [2.05, 4.69) is 93.8 Å². The first-order chi connectivity index (χ1) is 14.9. The first kappa shape index (κ1) is 22.6. The Hall–Kier alpha value is -3.07. The Morgan fingerprint density at radius 2 is 1.81 bits per heavy atom. The third-order valence-electron chi connectivity index (χ3n) is 6.06. The Kier molecular flexibility index (Phi) is 7.51. The Labute approximate surface area is 186 Å². The van der Waals surface area contributed by atoms with Gasteiger partial charge in [-0.05, 0) is 93.0 Å². The molecule has 0 aliphatic heterocycles. The monoisotopic (exact) mass is 415 g/mol. The molecule has 3 nitrogen and oxygen atoms in total. The number of esters is 1. The van der Waals surface area contributed by atoms with Gasteiger partial charge in [-0.25, -0.2) is 4.79 Å². The smallest absolute Gasteiger partial charge is 0.330 e. The van der Waals surface area contributed by atoms with Crippen molar-refractivity contribution >= 4 is 17.3 Å². The summed E-state index contributed by atoms with van der Waals surface area (Å²) in [5, 5.41) is 0. The van der Waals surface area contributed by atoms with Crippen molar-refractivity contribution < 1.29 is 9.53 Å². The summed E-state index contributed by atoms with van der Waals surface area (Å²) < 4.78 is 5.07. The molecule has 0 N–H and O–H groups in total. The lowest BCUT2D eigenvalue weighted by atomic mass is 9.92. The minimum absolute atomic E-state index is 0.363. The number of ether oxygens (including phenoxy) is 1. The molecule has 0 saturated carbocycles. The van der Waals surface area contributed by atoms with Crippen molar-refractivity contribution in [3.63, 3.8) is 0 Å². The molecule has 162 valence electrons. The van der Waals surface area contributed by atoms with E-state index in [4.69, 9.17) is 4.74 Å². The second-order valence-corrected chi connectivity index (χ2v) is 8.40. The van der Waals surface area contributed by atoms with Gasteiger partial charge in [0.25, 0.3) is 0 Å². The maximum absolute atomic E-state index is 11.2. The number of carbonyl (C=O) groups excluding carboxylic acids is 1. The van der Waals surface area contributed by atoms with Crippen LogP contribution in [0.5, 0.6) is 0 Å². The predicted molar refractivity (Wildman–Crippen MR) is 130 cm³/mol. The van der Waals surface area contributed by atoms with E-state index in [0.717, 1.165) is 24.9 Å². The number of benzene rings is 2. The molecule has 0 fully saturated rings. The second kappa shape index (κ2) is 10.3. The van der Waals surface area contributed by atoms with Gasteiger partial charge in [-0.2, -0.15) is 0 Å². The largest absolute Gasteiger partial charge is 0.463 e. The lowest BCUT2D eigenvalue weighted by Gasteiger charge is -2.30. The van der Waals surface area contributed by atoms with Crippen LogP contribution in [-0.4, -0.2) is 12.6 Å². The number of allylic oxidation sites excluding steroid dienone is 3. The lowest BCUT2D eigenvalue weighted by molar-refractivity contribution is -0.137. The highest BCUT2D eigenvalue weighted by Crippen LogP contribution is 2.35. The summed E-state index contributed by atoms with van der Waals surface area (Å²) in [5.74, 6) is 0.223. The molecule has 31 heavy (non-hydrogen) atoms.